The van der Waals surface area contributed by atoms with Crippen LogP contribution in [-0.4, -0.2) is 25.1 Å². The Labute approximate surface area is 174 Å². The van der Waals surface area contributed by atoms with E-state index < -0.39 is 34.9 Å². The predicted molar refractivity (Wildman–Crippen MR) is 106 cm³/mol. The van der Waals surface area contributed by atoms with Crippen LogP contribution < -0.4 is 20.3 Å². The molecule has 1 aliphatic rings. The summed E-state index contributed by atoms with van der Waals surface area (Å²) in [6.45, 7) is 0. The van der Waals surface area contributed by atoms with Crippen molar-refractivity contribution < 1.29 is 27.4 Å². The molecule has 160 valence electrons. The minimum absolute atomic E-state index is 0.412. The van der Waals surface area contributed by atoms with Crippen molar-refractivity contribution in [1.29, 1.82) is 0 Å². The zero-order chi connectivity index (χ0) is 22.3. The van der Waals surface area contributed by atoms with Gasteiger partial charge in [-0.25, -0.2) is 0 Å². The number of benzene rings is 2. The molecule has 0 atom stereocenters. The summed E-state index contributed by atoms with van der Waals surface area (Å²) in [5.74, 6) is 0.461. The van der Waals surface area contributed by atoms with Gasteiger partial charge in [-0.1, -0.05) is 12.1 Å². The van der Waals surface area contributed by atoms with Crippen molar-refractivity contribution in [2.75, 3.05) is 14.2 Å². The number of carbonyl (C=O) groups is 1. The van der Waals surface area contributed by atoms with Gasteiger partial charge in [0, 0.05) is 0 Å². The average molecular weight is 430 g/mol. The maximum Gasteiger partial charge on any atom is 0.431 e. The number of halogens is 3. The molecule has 31 heavy (non-hydrogen) atoms. The highest BCUT2D eigenvalue weighted by Gasteiger charge is 2.34. The second-order valence-corrected chi connectivity index (χ2v) is 6.93. The average Bonchev–Trinajstić information content (AvgIpc) is 3.05. The van der Waals surface area contributed by atoms with Crippen LogP contribution in [0.25, 0.3) is 11.1 Å². The molecule has 2 aromatic carbocycles. The minimum atomic E-state index is -4.71. The Morgan fingerprint density at radius 3 is 1.94 bits per heavy atom. The predicted octanol–water partition coefficient (Wildman–Crippen LogP) is 3.91. The Morgan fingerprint density at radius 1 is 0.935 bits per heavy atom. The van der Waals surface area contributed by atoms with Crippen LogP contribution in [0.1, 0.15) is 33.2 Å². The maximum atomic E-state index is 12.8. The lowest BCUT2D eigenvalue weighted by Crippen LogP contribution is -2.33. The molecule has 0 saturated heterocycles. The fraction of sp³-hybridized carbons (Fsp3) is 0.182. The number of H-pyrrole nitrogens is 1. The molecule has 1 amide bonds. The van der Waals surface area contributed by atoms with Gasteiger partial charge in [0.2, 0.25) is 0 Å². The number of ether oxygens (including phenoxy) is 2. The van der Waals surface area contributed by atoms with Crippen LogP contribution >= 0.6 is 0 Å². The van der Waals surface area contributed by atoms with Gasteiger partial charge in [-0.3, -0.25) is 9.59 Å². The normalized spacial score (nSPS) is 12.8. The van der Waals surface area contributed by atoms with Gasteiger partial charge in [-0.15, -0.1) is 0 Å². The summed E-state index contributed by atoms with van der Waals surface area (Å²) >= 11 is 0. The van der Waals surface area contributed by atoms with Gasteiger partial charge in [0.15, 0.2) is 0 Å². The molecule has 0 fully saturated rings. The lowest BCUT2D eigenvalue weighted by atomic mass is 10.0. The Morgan fingerprint density at radius 2 is 1.48 bits per heavy atom. The molecule has 3 aromatic rings. The van der Waals surface area contributed by atoms with Gasteiger partial charge >= 0.3 is 6.18 Å². The molecule has 1 aromatic heterocycles. The number of hydrogen-bond acceptors (Lipinski definition) is 4. The first-order valence-electron chi connectivity index (χ1n) is 9.20. The molecule has 9 heteroatoms. The Kier molecular flexibility index (Phi) is 4.96. The number of hydrogen-bond donors (Lipinski definition) is 2. The molecular formula is C22H17F3N2O4. The first-order valence-corrected chi connectivity index (χ1v) is 9.20. The third kappa shape index (κ3) is 3.63. The third-order valence-corrected chi connectivity index (χ3v) is 5.17. The van der Waals surface area contributed by atoms with Crippen LogP contribution in [0.4, 0.5) is 13.2 Å². The third-order valence-electron chi connectivity index (χ3n) is 5.17. The molecule has 2 N–H and O–H groups in total. The number of methoxy groups -OCH3 is 2. The largest absolute Gasteiger partial charge is 0.497 e. The van der Waals surface area contributed by atoms with Crippen LogP contribution in [0.2, 0.25) is 0 Å². The zero-order valence-electron chi connectivity index (χ0n) is 16.5. The molecular weight excluding hydrogens is 413 g/mol. The van der Waals surface area contributed by atoms with E-state index in [0.29, 0.717) is 17.6 Å². The van der Waals surface area contributed by atoms with Crippen molar-refractivity contribution in [2.24, 2.45) is 0 Å². The molecule has 1 heterocycles. The number of pyridine rings is 1. The molecule has 1 aliphatic carbocycles. The fourth-order valence-electron chi connectivity index (χ4n) is 3.64. The Balaban J connectivity index is 1.73. The van der Waals surface area contributed by atoms with Crippen molar-refractivity contribution in [2.45, 2.75) is 12.2 Å². The quantitative estimate of drug-likeness (QED) is 0.658. The Hall–Kier alpha value is -3.75. The molecule has 0 radical (unpaired) electrons. The first-order chi connectivity index (χ1) is 14.7. The number of aromatic amines is 1. The van der Waals surface area contributed by atoms with Crippen molar-refractivity contribution in [1.82, 2.24) is 10.3 Å². The minimum Gasteiger partial charge on any atom is -0.497 e. The number of amides is 1. The SMILES string of the molecule is COc1ccc2c(c1)-c1cc(OC)ccc1C2NC(=O)c1ccc(C(F)(F)F)[nH]c1=O. The van der Waals surface area contributed by atoms with Crippen molar-refractivity contribution in [3.8, 4) is 22.6 Å². The lowest BCUT2D eigenvalue weighted by Gasteiger charge is -2.16. The topological polar surface area (TPSA) is 80.4 Å². The molecule has 0 saturated carbocycles. The number of rotatable bonds is 4. The van der Waals surface area contributed by atoms with Gasteiger partial charge < -0.3 is 19.8 Å². The zero-order valence-corrected chi connectivity index (χ0v) is 16.5. The van der Waals surface area contributed by atoms with Crippen molar-refractivity contribution in [3.63, 3.8) is 0 Å². The number of carbonyl (C=O) groups excluding carboxylic acids is 1. The summed E-state index contributed by atoms with van der Waals surface area (Å²) in [7, 11) is 3.08. The van der Waals surface area contributed by atoms with Gasteiger partial charge in [0.05, 0.1) is 20.3 Å². The summed E-state index contributed by atoms with van der Waals surface area (Å²) in [6.07, 6.45) is -4.71. The summed E-state index contributed by atoms with van der Waals surface area (Å²) in [5, 5.41) is 2.76. The second kappa shape index (κ2) is 7.50. The maximum absolute atomic E-state index is 12.8. The molecule has 0 unspecified atom stereocenters. The van der Waals surface area contributed by atoms with E-state index in [1.54, 1.807) is 43.5 Å². The van der Waals surface area contributed by atoms with E-state index >= 15 is 0 Å². The van der Waals surface area contributed by atoms with E-state index in [9.17, 15) is 22.8 Å². The van der Waals surface area contributed by atoms with E-state index in [1.165, 1.54) is 0 Å². The smallest absolute Gasteiger partial charge is 0.431 e. The van der Waals surface area contributed by atoms with E-state index in [2.05, 4.69) is 5.32 Å². The van der Waals surface area contributed by atoms with Crippen LogP contribution in [0.15, 0.2) is 53.3 Å². The van der Waals surface area contributed by atoms with E-state index in [4.69, 9.17) is 9.47 Å². The van der Waals surface area contributed by atoms with Crippen molar-refractivity contribution >= 4 is 5.91 Å². The highest BCUT2D eigenvalue weighted by molar-refractivity contribution is 5.95. The Bertz CT molecular complexity index is 1180. The highest BCUT2D eigenvalue weighted by atomic mass is 19.4. The summed E-state index contributed by atoms with van der Waals surface area (Å²) < 4.78 is 49.0. The number of alkyl halides is 3. The van der Waals surface area contributed by atoms with E-state index in [0.717, 1.165) is 28.3 Å². The molecule has 4 rings (SSSR count). The number of nitrogens with one attached hydrogen (secondary N) is 2. The summed E-state index contributed by atoms with van der Waals surface area (Å²) in [4.78, 5) is 26.6. The monoisotopic (exact) mass is 430 g/mol. The standard InChI is InChI=1S/C22H17F3N2O4/c1-30-11-3-5-13-16(9-11)17-10-12(31-2)4-6-14(17)19(13)27-21(29)15-7-8-18(22(23,24)25)26-20(15)28/h3-10,19H,1-2H3,(H,26,28)(H,27,29). The molecule has 0 aliphatic heterocycles. The van der Waals surface area contributed by atoms with Crippen LogP contribution in [0.5, 0.6) is 11.5 Å². The number of aromatic nitrogens is 1. The second-order valence-electron chi connectivity index (χ2n) is 6.93. The lowest BCUT2D eigenvalue weighted by molar-refractivity contribution is -0.141. The van der Waals surface area contributed by atoms with Gasteiger partial charge in [-0.2, -0.15) is 13.2 Å². The van der Waals surface area contributed by atoms with E-state index in [-0.39, 0.29) is 0 Å². The van der Waals surface area contributed by atoms with Crippen LogP contribution in [-0.2, 0) is 6.18 Å². The highest BCUT2D eigenvalue weighted by Crippen LogP contribution is 2.46. The van der Waals surface area contributed by atoms with Crippen LogP contribution in [0.3, 0.4) is 0 Å². The fourth-order valence-corrected chi connectivity index (χ4v) is 3.64. The van der Waals surface area contributed by atoms with E-state index in [1.807, 2.05) is 12.1 Å². The molecule has 0 bridgehead atoms. The van der Waals surface area contributed by atoms with Crippen LogP contribution in [0, 0.1) is 0 Å². The van der Waals surface area contributed by atoms with Gasteiger partial charge in [-0.05, 0) is 58.7 Å². The van der Waals surface area contributed by atoms with Gasteiger partial charge in [0.25, 0.3) is 11.5 Å². The molecule has 0 spiro atoms. The number of fused-ring (bicyclic) bond motifs is 3. The summed E-state index contributed by atoms with van der Waals surface area (Å²) in [5.41, 5.74) is 0.422. The first kappa shape index (κ1) is 20.5. The van der Waals surface area contributed by atoms with Gasteiger partial charge in [0.1, 0.15) is 22.8 Å². The molecule has 6 nitrogen and oxygen atoms in total. The summed E-state index contributed by atoms with van der Waals surface area (Å²) in [6, 6.07) is 11.7. The van der Waals surface area contributed by atoms with Crippen molar-refractivity contribution in [3.05, 3.63) is 81.3 Å².